The first-order valence-corrected chi connectivity index (χ1v) is 6.44. The topological polar surface area (TPSA) is 47.3 Å². The maximum absolute atomic E-state index is 13.2. The van der Waals surface area contributed by atoms with Crippen molar-refractivity contribution >= 4 is 23.0 Å². The van der Waals surface area contributed by atoms with Crippen LogP contribution >= 0.6 is 11.6 Å². The van der Waals surface area contributed by atoms with Gasteiger partial charge in [-0.25, -0.2) is 4.39 Å². The average Bonchev–Trinajstić information content (AvgIpc) is 2.33. The third kappa shape index (κ3) is 3.06. The van der Waals surface area contributed by atoms with Gasteiger partial charge in [-0.1, -0.05) is 18.5 Å². The summed E-state index contributed by atoms with van der Waals surface area (Å²) in [6.45, 7) is 4.57. The molecule has 0 saturated carbocycles. The van der Waals surface area contributed by atoms with E-state index in [0.29, 0.717) is 11.4 Å². The van der Waals surface area contributed by atoms with Crippen LogP contribution < -0.4 is 11.1 Å². The van der Waals surface area contributed by atoms with Gasteiger partial charge in [-0.3, -0.25) is 0 Å². The number of hydrogen-bond acceptors (Lipinski definition) is 3. The van der Waals surface area contributed by atoms with Crippen molar-refractivity contribution in [1.29, 1.82) is 0 Å². The Bertz CT molecular complexity index is 433. The van der Waals surface area contributed by atoms with E-state index in [0.717, 1.165) is 32.6 Å². The Hall–Kier alpha value is -1.00. The van der Waals surface area contributed by atoms with E-state index in [2.05, 4.69) is 12.2 Å². The quantitative estimate of drug-likeness (QED) is 0.830. The first kappa shape index (κ1) is 13.4. The molecule has 1 aliphatic rings. The van der Waals surface area contributed by atoms with Gasteiger partial charge in [-0.15, -0.1) is 0 Å². The molecule has 0 amide bonds. The molecule has 1 aliphatic heterocycles. The van der Waals surface area contributed by atoms with Gasteiger partial charge in [0.25, 0.3) is 0 Å². The number of nitrogens with two attached hydrogens (primary N) is 1. The zero-order chi connectivity index (χ0) is 13.2. The molecule has 0 radical (unpaired) electrons. The fourth-order valence-corrected chi connectivity index (χ4v) is 2.23. The van der Waals surface area contributed by atoms with E-state index >= 15 is 0 Å². The Balaban J connectivity index is 2.03. The second kappa shape index (κ2) is 5.33. The molecule has 2 rings (SSSR count). The average molecular weight is 273 g/mol. The highest BCUT2D eigenvalue weighted by Crippen LogP contribution is 2.32. The van der Waals surface area contributed by atoms with E-state index in [4.69, 9.17) is 22.1 Å². The molecule has 0 aliphatic carbocycles. The summed E-state index contributed by atoms with van der Waals surface area (Å²) in [5.74, 6) is -0.489. The van der Waals surface area contributed by atoms with E-state index in [-0.39, 0.29) is 10.4 Å². The van der Waals surface area contributed by atoms with Crippen molar-refractivity contribution in [2.24, 2.45) is 5.41 Å². The van der Waals surface area contributed by atoms with Crippen LogP contribution in [0, 0.1) is 11.2 Å². The minimum absolute atomic E-state index is 0.0869. The second-order valence-electron chi connectivity index (χ2n) is 5.13. The lowest BCUT2D eigenvalue weighted by atomic mass is 9.82. The van der Waals surface area contributed by atoms with Crippen LogP contribution in [0.15, 0.2) is 12.1 Å². The van der Waals surface area contributed by atoms with Gasteiger partial charge in [0.05, 0.1) is 16.4 Å². The summed E-state index contributed by atoms with van der Waals surface area (Å²) in [7, 11) is 0. The van der Waals surface area contributed by atoms with E-state index in [9.17, 15) is 4.39 Å². The molecule has 3 N–H and O–H groups in total. The van der Waals surface area contributed by atoms with Crippen molar-refractivity contribution in [3.05, 3.63) is 23.0 Å². The minimum Gasteiger partial charge on any atom is -0.397 e. The highest BCUT2D eigenvalue weighted by atomic mass is 35.5. The predicted octanol–water partition coefficient (Wildman–Crippen LogP) is 3.29. The van der Waals surface area contributed by atoms with Crippen molar-refractivity contribution in [3.8, 4) is 0 Å². The molecular formula is C13H18ClFN2O. The van der Waals surface area contributed by atoms with Gasteiger partial charge in [-0.2, -0.15) is 0 Å². The largest absolute Gasteiger partial charge is 0.397 e. The zero-order valence-electron chi connectivity index (χ0n) is 10.4. The summed E-state index contributed by atoms with van der Waals surface area (Å²) in [5.41, 5.74) is 7.02. The maximum atomic E-state index is 13.2. The van der Waals surface area contributed by atoms with Crippen LogP contribution in [0.25, 0.3) is 0 Å². The summed E-state index contributed by atoms with van der Waals surface area (Å²) >= 11 is 5.75. The number of anilines is 2. The number of halogens is 2. The smallest absolute Gasteiger partial charge is 0.143 e. The summed E-state index contributed by atoms with van der Waals surface area (Å²) < 4.78 is 18.5. The standard InChI is InChI=1S/C13H18ClFN2O/c1-13(2-4-18-5-3-13)8-17-12-6-9(14)10(15)7-11(12)16/h6-7,17H,2-5,8,16H2,1H3. The predicted molar refractivity (Wildman–Crippen MR) is 72.5 cm³/mol. The SMILES string of the molecule is CC1(CNc2cc(Cl)c(F)cc2N)CCOCC1. The van der Waals surface area contributed by atoms with E-state index in [1.54, 1.807) is 0 Å². The third-order valence-corrected chi connectivity index (χ3v) is 3.79. The van der Waals surface area contributed by atoms with Crippen molar-refractivity contribution in [2.75, 3.05) is 30.8 Å². The van der Waals surface area contributed by atoms with Crippen LogP contribution in [0.4, 0.5) is 15.8 Å². The molecule has 1 heterocycles. The van der Waals surface area contributed by atoms with Gasteiger partial charge < -0.3 is 15.8 Å². The number of benzene rings is 1. The highest BCUT2D eigenvalue weighted by molar-refractivity contribution is 6.31. The molecule has 1 saturated heterocycles. The summed E-state index contributed by atoms with van der Waals surface area (Å²) in [6.07, 6.45) is 2.02. The van der Waals surface area contributed by atoms with Crippen LogP contribution in [-0.2, 0) is 4.74 Å². The van der Waals surface area contributed by atoms with Crippen molar-refractivity contribution in [3.63, 3.8) is 0 Å². The first-order chi connectivity index (χ1) is 8.50. The number of hydrogen-bond donors (Lipinski definition) is 2. The minimum atomic E-state index is -0.489. The molecule has 18 heavy (non-hydrogen) atoms. The van der Waals surface area contributed by atoms with Crippen molar-refractivity contribution in [1.82, 2.24) is 0 Å². The van der Waals surface area contributed by atoms with E-state index in [1.165, 1.54) is 12.1 Å². The van der Waals surface area contributed by atoms with Crippen LogP contribution in [0.3, 0.4) is 0 Å². The fraction of sp³-hybridized carbons (Fsp3) is 0.538. The fourth-order valence-electron chi connectivity index (χ4n) is 2.06. The number of ether oxygens (including phenoxy) is 1. The summed E-state index contributed by atoms with van der Waals surface area (Å²) in [6, 6.07) is 2.78. The second-order valence-corrected chi connectivity index (χ2v) is 5.54. The molecule has 5 heteroatoms. The molecule has 1 fully saturated rings. The van der Waals surface area contributed by atoms with E-state index < -0.39 is 5.82 Å². The number of rotatable bonds is 3. The molecule has 1 aromatic carbocycles. The Morgan fingerprint density at radius 3 is 2.78 bits per heavy atom. The van der Waals surface area contributed by atoms with Crippen LogP contribution in [-0.4, -0.2) is 19.8 Å². The molecule has 3 nitrogen and oxygen atoms in total. The molecule has 0 aromatic heterocycles. The molecule has 0 atom stereocenters. The van der Waals surface area contributed by atoms with Crippen LogP contribution in [0.1, 0.15) is 19.8 Å². The van der Waals surface area contributed by atoms with Crippen molar-refractivity contribution < 1.29 is 9.13 Å². The molecule has 1 aromatic rings. The number of nitrogen functional groups attached to an aromatic ring is 1. The third-order valence-electron chi connectivity index (χ3n) is 3.50. The Labute approximate surface area is 111 Å². The Morgan fingerprint density at radius 1 is 1.44 bits per heavy atom. The highest BCUT2D eigenvalue weighted by Gasteiger charge is 2.27. The number of nitrogens with one attached hydrogen (secondary N) is 1. The lowest BCUT2D eigenvalue weighted by Gasteiger charge is -2.34. The lowest BCUT2D eigenvalue weighted by molar-refractivity contribution is 0.0300. The first-order valence-electron chi connectivity index (χ1n) is 6.06. The lowest BCUT2D eigenvalue weighted by Crippen LogP contribution is -2.33. The normalized spacial score (nSPS) is 18.6. The Morgan fingerprint density at radius 2 is 2.11 bits per heavy atom. The van der Waals surface area contributed by atoms with Crippen LogP contribution in [0.5, 0.6) is 0 Å². The molecular weight excluding hydrogens is 255 g/mol. The van der Waals surface area contributed by atoms with Gasteiger partial charge in [0.15, 0.2) is 0 Å². The summed E-state index contributed by atoms with van der Waals surface area (Å²) in [4.78, 5) is 0. The van der Waals surface area contributed by atoms with Crippen LogP contribution in [0.2, 0.25) is 5.02 Å². The Kier molecular flexibility index (Phi) is 3.97. The zero-order valence-corrected chi connectivity index (χ0v) is 11.2. The molecule has 0 unspecified atom stereocenters. The molecule has 0 spiro atoms. The van der Waals surface area contributed by atoms with Gasteiger partial charge in [0.2, 0.25) is 0 Å². The van der Waals surface area contributed by atoms with Gasteiger partial charge >= 0.3 is 0 Å². The van der Waals surface area contributed by atoms with E-state index in [1.807, 2.05) is 0 Å². The van der Waals surface area contributed by atoms with Crippen molar-refractivity contribution in [2.45, 2.75) is 19.8 Å². The summed E-state index contributed by atoms with van der Waals surface area (Å²) in [5, 5.41) is 3.35. The van der Waals surface area contributed by atoms with Gasteiger partial charge in [-0.05, 0) is 24.3 Å². The monoisotopic (exact) mass is 272 g/mol. The maximum Gasteiger partial charge on any atom is 0.143 e. The molecule has 0 bridgehead atoms. The van der Waals surface area contributed by atoms with Gasteiger partial charge in [0.1, 0.15) is 5.82 Å². The molecule has 100 valence electrons. The van der Waals surface area contributed by atoms with Gasteiger partial charge in [0, 0.05) is 25.8 Å².